The van der Waals surface area contributed by atoms with Crippen molar-refractivity contribution in [2.75, 3.05) is 24.5 Å². The number of aryl methyl sites for hydroxylation is 2. The van der Waals surface area contributed by atoms with Crippen LogP contribution < -0.4 is 10.6 Å². The lowest BCUT2D eigenvalue weighted by atomic mass is 9.98. The van der Waals surface area contributed by atoms with Gasteiger partial charge in [-0.1, -0.05) is 70.2 Å². The van der Waals surface area contributed by atoms with Gasteiger partial charge in [0.05, 0.1) is 6.04 Å². The minimum Gasteiger partial charge on any atom is -0.368 e. The zero-order valence-corrected chi connectivity index (χ0v) is 21.7. The molecule has 2 N–H and O–H groups in total. The summed E-state index contributed by atoms with van der Waals surface area (Å²) in [5, 5.41) is 0. The average Bonchev–Trinajstić information content (AvgIpc) is 2.83. The fourth-order valence-corrected chi connectivity index (χ4v) is 4.95. The van der Waals surface area contributed by atoms with E-state index in [0.717, 1.165) is 51.7 Å². The van der Waals surface area contributed by atoms with Gasteiger partial charge in [0, 0.05) is 31.4 Å². The topological polar surface area (TPSA) is 49.6 Å². The Kier molecular flexibility index (Phi) is 10.0. The van der Waals surface area contributed by atoms with Crippen LogP contribution in [0.4, 0.5) is 5.69 Å². The number of hydrogen-bond acceptors (Lipinski definition) is 3. The Morgan fingerprint density at radius 1 is 0.912 bits per heavy atom. The molecule has 1 unspecified atom stereocenters. The molecule has 4 heteroatoms. The number of nitrogens with zero attached hydrogens (tertiary/aromatic N) is 2. The number of nitrogens with two attached hydrogens (primary N) is 1. The predicted molar refractivity (Wildman–Crippen MR) is 144 cm³/mol. The van der Waals surface area contributed by atoms with Crippen LogP contribution in [0.3, 0.4) is 0 Å². The van der Waals surface area contributed by atoms with Crippen molar-refractivity contribution in [1.29, 1.82) is 0 Å². The van der Waals surface area contributed by atoms with Gasteiger partial charge in [0.15, 0.2) is 0 Å². The molecule has 34 heavy (non-hydrogen) atoms. The fraction of sp³-hybridized carbons (Fsp3) is 0.567. The molecule has 1 fully saturated rings. The molecule has 1 atom stereocenters. The van der Waals surface area contributed by atoms with E-state index in [1.165, 1.54) is 23.2 Å². The second-order valence-electron chi connectivity index (χ2n) is 10.8. The minimum absolute atomic E-state index is 0.128. The Balaban J connectivity index is 1.61. The smallest absolute Gasteiger partial charge is 0.239 e. The van der Waals surface area contributed by atoms with Crippen LogP contribution in [0.15, 0.2) is 54.6 Å². The van der Waals surface area contributed by atoms with E-state index < -0.39 is 0 Å². The minimum atomic E-state index is -0.364. The van der Waals surface area contributed by atoms with Crippen molar-refractivity contribution in [2.45, 2.75) is 78.3 Å². The second-order valence-corrected chi connectivity index (χ2v) is 10.8. The highest BCUT2D eigenvalue weighted by molar-refractivity contribution is 5.81. The predicted octanol–water partition coefficient (Wildman–Crippen LogP) is 5.69. The van der Waals surface area contributed by atoms with Crippen LogP contribution >= 0.6 is 0 Å². The van der Waals surface area contributed by atoms with Crippen molar-refractivity contribution in [1.82, 2.24) is 4.90 Å². The molecular weight excluding hydrogens is 418 g/mol. The van der Waals surface area contributed by atoms with E-state index in [2.05, 4.69) is 87.2 Å². The molecule has 0 spiro atoms. The van der Waals surface area contributed by atoms with Gasteiger partial charge >= 0.3 is 0 Å². The molecule has 1 aliphatic heterocycles. The molecule has 3 rings (SSSR count). The third-order valence-corrected chi connectivity index (χ3v) is 7.02. The molecule has 4 nitrogen and oxygen atoms in total. The van der Waals surface area contributed by atoms with Gasteiger partial charge in [-0.3, -0.25) is 4.79 Å². The molecule has 1 saturated heterocycles. The van der Waals surface area contributed by atoms with E-state index >= 15 is 0 Å². The average molecular weight is 464 g/mol. The summed E-state index contributed by atoms with van der Waals surface area (Å²) in [4.78, 5) is 17.4. The van der Waals surface area contributed by atoms with E-state index in [9.17, 15) is 4.79 Å². The number of rotatable bonds is 11. The molecule has 0 bridgehead atoms. The van der Waals surface area contributed by atoms with Gasteiger partial charge in [-0.2, -0.15) is 0 Å². The highest BCUT2D eigenvalue weighted by atomic mass is 16.2. The van der Waals surface area contributed by atoms with Crippen LogP contribution in [0.5, 0.6) is 0 Å². The zero-order chi connectivity index (χ0) is 24.5. The number of carbonyl (C=O) groups is 1. The van der Waals surface area contributed by atoms with Crippen molar-refractivity contribution >= 4 is 11.6 Å². The van der Waals surface area contributed by atoms with Crippen LogP contribution in [0.2, 0.25) is 0 Å². The van der Waals surface area contributed by atoms with Crippen molar-refractivity contribution in [3.8, 4) is 0 Å². The van der Waals surface area contributed by atoms with Crippen molar-refractivity contribution in [3.63, 3.8) is 0 Å². The summed E-state index contributed by atoms with van der Waals surface area (Å²) in [6, 6.07) is 20.0. The summed E-state index contributed by atoms with van der Waals surface area (Å²) >= 11 is 0. The normalized spacial score (nSPS) is 15.7. The van der Waals surface area contributed by atoms with E-state index in [1.807, 2.05) is 4.90 Å². The van der Waals surface area contributed by atoms with Gasteiger partial charge in [-0.05, 0) is 73.6 Å². The first-order chi connectivity index (χ1) is 16.3. The van der Waals surface area contributed by atoms with Gasteiger partial charge in [-0.15, -0.1) is 0 Å². The summed E-state index contributed by atoms with van der Waals surface area (Å²) < 4.78 is 0. The Hall–Kier alpha value is -2.33. The van der Waals surface area contributed by atoms with Gasteiger partial charge < -0.3 is 15.5 Å². The Morgan fingerprint density at radius 3 is 2.06 bits per heavy atom. The lowest BCUT2D eigenvalue weighted by Crippen LogP contribution is -2.51. The Labute approximate surface area is 207 Å². The van der Waals surface area contributed by atoms with Crippen LogP contribution in [0.25, 0.3) is 0 Å². The molecular formula is C30H45N3O. The first kappa shape index (κ1) is 26.3. The summed E-state index contributed by atoms with van der Waals surface area (Å²) in [6.07, 6.45) is 6.09. The maximum atomic E-state index is 12.8. The van der Waals surface area contributed by atoms with Crippen molar-refractivity contribution in [2.24, 2.45) is 17.6 Å². The van der Waals surface area contributed by atoms with Crippen LogP contribution in [0.1, 0.15) is 64.5 Å². The van der Waals surface area contributed by atoms with Gasteiger partial charge in [-0.25, -0.2) is 0 Å². The maximum Gasteiger partial charge on any atom is 0.239 e. The number of benzene rings is 2. The first-order valence-electron chi connectivity index (χ1n) is 13.3. The SMILES string of the molecule is CC(C)CCN(c1ccc(CCc2ccccc2)cc1)C1CCN(C(=O)C(N)CC(C)C)CC1. The Morgan fingerprint density at radius 2 is 1.50 bits per heavy atom. The molecule has 2 aromatic carbocycles. The van der Waals surface area contributed by atoms with Gasteiger partial charge in [0.1, 0.15) is 0 Å². The highest BCUT2D eigenvalue weighted by Gasteiger charge is 2.29. The third kappa shape index (κ3) is 7.87. The van der Waals surface area contributed by atoms with Gasteiger partial charge in [0.2, 0.25) is 5.91 Å². The van der Waals surface area contributed by atoms with Crippen LogP contribution in [-0.4, -0.2) is 42.5 Å². The van der Waals surface area contributed by atoms with E-state index in [1.54, 1.807) is 0 Å². The molecule has 0 radical (unpaired) electrons. The molecule has 1 aliphatic rings. The number of carbonyl (C=O) groups excluding carboxylic acids is 1. The monoisotopic (exact) mass is 463 g/mol. The van der Waals surface area contributed by atoms with E-state index in [0.29, 0.717) is 17.9 Å². The second kappa shape index (κ2) is 12.9. The number of anilines is 1. The first-order valence-corrected chi connectivity index (χ1v) is 13.3. The lowest BCUT2D eigenvalue weighted by molar-refractivity contribution is -0.134. The third-order valence-electron chi connectivity index (χ3n) is 7.02. The molecule has 186 valence electrons. The lowest BCUT2D eigenvalue weighted by Gasteiger charge is -2.41. The molecule has 1 amide bonds. The highest BCUT2D eigenvalue weighted by Crippen LogP contribution is 2.26. The van der Waals surface area contributed by atoms with E-state index in [-0.39, 0.29) is 11.9 Å². The number of amides is 1. The number of hydrogen-bond donors (Lipinski definition) is 1. The number of piperidine rings is 1. The quantitative estimate of drug-likeness (QED) is 0.466. The molecule has 0 aliphatic carbocycles. The maximum absolute atomic E-state index is 12.8. The van der Waals surface area contributed by atoms with Crippen molar-refractivity contribution in [3.05, 3.63) is 65.7 Å². The van der Waals surface area contributed by atoms with Crippen LogP contribution in [0, 0.1) is 11.8 Å². The van der Waals surface area contributed by atoms with E-state index in [4.69, 9.17) is 5.73 Å². The summed E-state index contributed by atoms with van der Waals surface area (Å²) in [6.45, 7) is 11.5. The fourth-order valence-electron chi connectivity index (χ4n) is 4.95. The Bertz CT molecular complexity index is 854. The summed E-state index contributed by atoms with van der Waals surface area (Å²) in [5.41, 5.74) is 10.3. The molecule has 0 aromatic heterocycles. The molecule has 1 heterocycles. The number of likely N-dealkylation sites (tertiary alicyclic amines) is 1. The largest absolute Gasteiger partial charge is 0.368 e. The summed E-state index contributed by atoms with van der Waals surface area (Å²) in [7, 11) is 0. The van der Waals surface area contributed by atoms with Crippen molar-refractivity contribution < 1.29 is 4.79 Å². The summed E-state index contributed by atoms with van der Waals surface area (Å²) in [5.74, 6) is 1.24. The zero-order valence-electron chi connectivity index (χ0n) is 21.7. The van der Waals surface area contributed by atoms with Gasteiger partial charge in [0.25, 0.3) is 0 Å². The standard InChI is InChI=1S/C30H45N3O/c1-23(2)16-21-33(28-17-19-32(20-18-28)30(34)29(31)22-24(3)4)27-14-12-26(13-15-27)11-10-25-8-6-5-7-9-25/h5-9,12-15,23-24,28-29H,10-11,16-22,31H2,1-4H3. The molecule has 0 saturated carbocycles. The molecule has 2 aromatic rings. The van der Waals surface area contributed by atoms with Crippen LogP contribution in [-0.2, 0) is 17.6 Å².